The Morgan fingerprint density at radius 3 is 2.44 bits per heavy atom. The number of hydrogen-bond donors (Lipinski definition) is 1. The van der Waals surface area contributed by atoms with Crippen LogP contribution in [-0.4, -0.2) is 43.9 Å². The van der Waals surface area contributed by atoms with Gasteiger partial charge in [0, 0.05) is 14.1 Å². The van der Waals surface area contributed by atoms with E-state index in [-0.39, 0.29) is 16.1 Å². The molecule has 0 aliphatic carbocycles. The molecule has 96 valence electrons. The number of fused-ring (bicyclic) bond motifs is 1. The Morgan fingerprint density at radius 1 is 1.28 bits per heavy atom. The number of para-hydroxylation sites is 1. The molecule has 0 saturated heterocycles. The molecule has 0 radical (unpaired) electrons. The van der Waals surface area contributed by atoms with Crippen LogP contribution in [0.1, 0.15) is 10.4 Å². The molecular weight excluding hydrogens is 260 g/mol. The van der Waals surface area contributed by atoms with E-state index in [1.165, 1.54) is 25.2 Å². The number of anilines is 1. The highest BCUT2D eigenvalue weighted by Crippen LogP contribution is 2.35. The summed E-state index contributed by atoms with van der Waals surface area (Å²) in [6.45, 7) is 0. The lowest BCUT2D eigenvalue weighted by molar-refractivity contribution is 0.0697. The van der Waals surface area contributed by atoms with Gasteiger partial charge in [-0.2, -0.15) is 0 Å². The largest absolute Gasteiger partial charge is 0.478 e. The van der Waals surface area contributed by atoms with E-state index in [0.717, 1.165) is 11.9 Å². The van der Waals surface area contributed by atoms with Crippen LogP contribution in [0.15, 0.2) is 23.1 Å². The summed E-state index contributed by atoms with van der Waals surface area (Å²) in [5.41, 5.74) is -0.326. The molecule has 1 aliphatic rings. The number of carbonyl (C=O) groups is 2. The van der Waals surface area contributed by atoms with Gasteiger partial charge in [-0.3, -0.25) is 4.90 Å². The van der Waals surface area contributed by atoms with Gasteiger partial charge in [0.1, 0.15) is 4.90 Å². The van der Waals surface area contributed by atoms with E-state index >= 15 is 0 Å². The summed E-state index contributed by atoms with van der Waals surface area (Å²) in [5.74, 6) is -1.29. The fourth-order valence-corrected chi connectivity index (χ4v) is 3.17. The average Bonchev–Trinajstić information content (AvgIpc) is 2.33. The monoisotopic (exact) mass is 270 g/mol. The molecule has 7 nitrogen and oxygen atoms in total. The SMILES string of the molecule is CN1C(=O)N(C)S(=O)(=O)c2cccc(C(=O)O)c21. The van der Waals surface area contributed by atoms with Crippen molar-refractivity contribution in [3.05, 3.63) is 23.8 Å². The van der Waals surface area contributed by atoms with Crippen molar-refractivity contribution in [2.45, 2.75) is 4.90 Å². The van der Waals surface area contributed by atoms with E-state index in [1.807, 2.05) is 0 Å². The van der Waals surface area contributed by atoms with Crippen molar-refractivity contribution >= 4 is 27.7 Å². The number of urea groups is 1. The summed E-state index contributed by atoms with van der Waals surface area (Å²) < 4.78 is 24.6. The molecule has 1 aliphatic heterocycles. The first kappa shape index (κ1) is 12.4. The summed E-state index contributed by atoms with van der Waals surface area (Å²) in [4.78, 5) is 23.7. The minimum atomic E-state index is -3.98. The van der Waals surface area contributed by atoms with Gasteiger partial charge in [0.2, 0.25) is 0 Å². The molecule has 1 N–H and O–H groups in total. The summed E-state index contributed by atoms with van der Waals surface area (Å²) in [7, 11) is -1.52. The lowest BCUT2D eigenvalue weighted by atomic mass is 10.1. The van der Waals surface area contributed by atoms with E-state index in [9.17, 15) is 18.0 Å². The third-order valence-electron chi connectivity index (χ3n) is 2.76. The summed E-state index contributed by atoms with van der Waals surface area (Å²) in [5, 5.41) is 9.03. The molecule has 0 aromatic heterocycles. The summed E-state index contributed by atoms with van der Waals surface area (Å²) >= 11 is 0. The number of carbonyl (C=O) groups excluding carboxylic acids is 1. The molecule has 18 heavy (non-hydrogen) atoms. The topological polar surface area (TPSA) is 95.0 Å². The zero-order valence-corrected chi connectivity index (χ0v) is 10.4. The molecule has 0 unspecified atom stereocenters. The van der Waals surface area contributed by atoms with Crippen LogP contribution in [0.5, 0.6) is 0 Å². The van der Waals surface area contributed by atoms with E-state index in [0.29, 0.717) is 4.31 Å². The predicted octanol–water partition coefficient (Wildman–Crippen LogP) is 0.575. The van der Waals surface area contributed by atoms with Crippen LogP contribution in [0.4, 0.5) is 10.5 Å². The van der Waals surface area contributed by atoms with Gasteiger partial charge in [-0.05, 0) is 12.1 Å². The minimum absolute atomic E-state index is 0.104. The van der Waals surface area contributed by atoms with Gasteiger partial charge in [-0.25, -0.2) is 22.3 Å². The van der Waals surface area contributed by atoms with Crippen LogP contribution in [0.25, 0.3) is 0 Å². The van der Waals surface area contributed by atoms with Gasteiger partial charge >= 0.3 is 12.0 Å². The Balaban J connectivity index is 2.87. The molecular formula is C10H10N2O5S. The number of carboxylic acids is 1. The second kappa shape index (κ2) is 3.70. The fourth-order valence-electron chi connectivity index (χ4n) is 1.81. The van der Waals surface area contributed by atoms with Crippen LogP contribution in [0.2, 0.25) is 0 Å². The number of aromatic carboxylic acids is 1. The molecule has 1 aromatic carbocycles. The first-order chi connectivity index (χ1) is 8.28. The number of amides is 2. The molecule has 0 fully saturated rings. The Morgan fingerprint density at radius 2 is 1.89 bits per heavy atom. The van der Waals surface area contributed by atoms with Crippen molar-refractivity contribution in [2.75, 3.05) is 19.0 Å². The first-order valence-electron chi connectivity index (χ1n) is 4.91. The Hall–Kier alpha value is -2.09. The van der Waals surface area contributed by atoms with Crippen molar-refractivity contribution in [1.82, 2.24) is 4.31 Å². The summed E-state index contributed by atoms with van der Waals surface area (Å²) in [6, 6.07) is 3.07. The van der Waals surface area contributed by atoms with Gasteiger partial charge < -0.3 is 5.11 Å². The lowest BCUT2D eigenvalue weighted by Crippen LogP contribution is -2.47. The number of rotatable bonds is 1. The van der Waals surface area contributed by atoms with Crippen LogP contribution in [-0.2, 0) is 10.0 Å². The maximum absolute atomic E-state index is 12.0. The normalized spacial score (nSPS) is 17.6. The highest BCUT2D eigenvalue weighted by molar-refractivity contribution is 7.90. The molecule has 2 amide bonds. The number of hydrogen-bond acceptors (Lipinski definition) is 4. The predicted molar refractivity (Wildman–Crippen MR) is 62.1 cm³/mol. The van der Waals surface area contributed by atoms with Crippen LogP contribution in [0.3, 0.4) is 0 Å². The zero-order valence-electron chi connectivity index (χ0n) is 9.61. The number of sulfonamides is 1. The highest BCUT2D eigenvalue weighted by atomic mass is 32.2. The highest BCUT2D eigenvalue weighted by Gasteiger charge is 2.39. The molecule has 0 atom stereocenters. The molecule has 1 heterocycles. The minimum Gasteiger partial charge on any atom is -0.478 e. The number of nitrogens with zero attached hydrogens (tertiary/aromatic N) is 2. The van der Waals surface area contributed by atoms with Gasteiger partial charge in [0.25, 0.3) is 10.0 Å². The van der Waals surface area contributed by atoms with Crippen LogP contribution >= 0.6 is 0 Å². The number of benzene rings is 1. The van der Waals surface area contributed by atoms with E-state index in [1.54, 1.807) is 0 Å². The molecule has 0 bridgehead atoms. The lowest BCUT2D eigenvalue weighted by Gasteiger charge is -2.32. The smallest absolute Gasteiger partial charge is 0.337 e. The Kier molecular flexibility index (Phi) is 2.54. The van der Waals surface area contributed by atoms with Crippen molar-refractivity contribution in [2.24, 2.45) is 0 Å². The van der Waals surface area contributed by atoms with Gasteiger partial charge in [0.15, 0.2) is 0 Å². The Labute approximate surface area is 103 Å². The van der Waals surface area contributed by atoms with Crippen molar-refractivity contribution in [1.29, 1.82) is 0 Å². The second-order valence-corrected chi connectivity index (χ2v) is 5.71. The van der Waals surface area contributed by atoms with Gasteiger partial charge in [-0.1, -0.05) is 6.07 Å². The quantitative estimate of drug-likeness (QED) is 0.805. The average molecular weight is 270 g/mol. The van der Waals surface area contributed by atoms with E-state index < -0.39 is 22.0 Å². The molecule has 8 heteroatoms. The molecule has 0 spiro atoms. The maximum atomic E-state index is 12.0. The van der Waals surface area contributed by atoms with E-state index in [2.05, 4.69) is 0 Å². The van der Waals surface area contributed by atoms with Crippen molar-refractivity contribution in [3.63, 3.8) is 0 Å². The Bertz CT molecular complexity index is 652. The van der Waals surface area contributed by atoms with Crippen LogP contribution in [0, 0.1) is 0 Å². The molecule has 1 aromatic rings. The molecule has 0 saturated carbocycles. The number of carboxylic acid groups (broad SMARTS) is 1. The van der Waals surface area contributed by atoms with E-state index in [4.69, 9.17) is 5.11 Å². The standard InChI is InChI=1S/C10H10N2O5S/c1-11-8-6(9(13)14)4-3-5-7(8)18(16,17)12(2)10(11)15/h3-5H,1-2H3,(H,13,14). The van der Waals surface area contributed by atoms with Gasteiger partial charge in [-0.15, -0.1) is 0 Å². The second-order valence-electron chi connectivity index (χ2n) is 3.77. The van der Waals surface area contributed by atoms with Crippen LogP contribution < -0.4 is 4.90 Å². The van der Waals surface area contributed by atoms with Crippen molar-refractivity contribution in [3.8, 4) is 0 Å². The first-order valence-corrected chi connectivity index (χ1v) is 6.35. The zero-order chi connectivity index (χ0) is 13.7. The third kappa shape index (κ3) is 1.46. The fraction of sp³-hybridized carbons (Fsp3) is 0.200. The van der Waals surface area contributed by atoms with Crippen molar-refractivity contribution < 1.29 is 23.1 Å². The summed E-state index contributed by atoms with van der Waals surface area (Å²) in [6.07, 6.45) is 0. The molecule has 2 rings (SSSR count). The maximum Gasteiger partial charge on any atom is 0.337 e. The van der Waals surface area contributed by atoms with Gasteiger partial charge in [0.05, 0.1) is 11.3 Å². The third-order valence-corrected chi connectivity index (χ3v) is 4.52.